The Bertz CT molecular complexity index is 572. The van der Waals surface area contributed by atoms with E-state index in [9.17, 15) is 0 Å². The van der Waals surface area contributed by atoms with Gasteiger partial charge in [0, 0.05) is 23.3 Å². The van der Waals surface area contributed by atoms with Crippen molar-refractivity contribution in [2.45, 2.75) is 13.5 Å². The number of ether oxygens (including phenoxy) is 1. The van der Waals surface area contributed by atoms with E-state index in [1.165, 1.54) is 0 Å². The lowest BCUT2D eigenvalue weighted by molar-refractivity contribution is 0.178. The Kier molecular flexibility index (Phi) is 4.74. The Hall–Kier alpha value is -1.17. The van der Waals surface area contributed by atoms with Crippen LogP contribution in [0.3, 0.4) is 0 Å². The van der Waals surface area contributed by atoms with Crippen molar-refractivity contribution < 1.29 is 4.74 Å². The summed E-state index contributed by atoms with van der Waals surface area (Å²) in [5, 5.41) is 3.59. The van der Waals surface area contributed by atoms with Crippen LogP contribution >= 0.6 is 27.5 Å². The average Bonchev–Trinajstić information content (AvgIpc) is 2.26. The lowest BCUT2D eigenvalue weighted by atomic mass is 10.2. The molecule has 0 aliphatic rings. The van der Waals surface area contributed by atoms with E-state index in [0.717, 1.165) is 15.7 Å². The number of halogens is 2. The van der Waals surface area contributed by atoms with Crippen molar-refractivity contribution >= 4 is 39.0 Å². The Morgan fingerprint density at radius 1 is 1.26 bits per heavy atom. The van der Waals surface area contributed by atoms with Crippen molar-refractivity contribution in [3.8, 4) is 0 Å². The molecule has 1 aromatic heterocycles. The zero-order valence-electron chi connectivity index (χ0n) is 10.6. The molecule has 0 saturated carbocycles. The van der Waals surface area contributed by atoms with Crippen LogP contribution < -0.4 is 5.32 Å². The highest BCUT2D eigenvalue weighted by Gasteiger charge is 2.04. The first-order valence-electron chi connectivity index (χ1n) is 5.63. The van der Waals surface area contributed by atoms with Gasteiger partial charge in [-0.05, 0) is 30.7 Å². The van der Waals surface area contributed by atoms with Crippen molar-refractivity contribution in [3.05, 3.63) is 45.3 Å². The van der Waals surface area contributed by atoms with Gasteiger partial charge in [0.2, 0.25) is 0 Å². The second-order valence-electron chi connectivity index (χ2n) is 4.07. The van der Waals surface area contributed by atoms with Crippen LogP contribution in [0.15, 0.2) is 28.7 Å². The number of nitrogens with one attached hydrogen (secondary N) is 1. The highest BCUT2D eigenvalue weighted by molar-refractivity contribution is 9.10. The molecule has 1 N–H and O–H groups in total. The molecule has 2 aromatic rings. The normalized spacial score (nSPS) is 10.5. The molecule has 0 aliphatic carbocycles. The van der Waals surface area contributed by atoms with E-state index in [1.807, 2.05) is 25.1 Å². The summed E-state index contributed by atoms with van der Waals surface area (Å²) in [6, 6.07) is 7.71. The number of aromatic nitrogens is 2. The van der Waals surface area contributed by atoms with Gasteiger partial charge in [-0.25, -0.2) is 9.97 Å². The summed E-state index contributed by atoms with van der Waals surface area (Å²) in [7, 11) is 1.59. The molecule has 0 saturated heterocycles. The second kappa shape index (κ2) is 6.32. The minimum absolute atomic E-state index is 0.326. The van der Waals surface area contributed by atoms with Crippen molar-refractivity contribution in [2.24, 2.45) is 0 Å². The second-order valence-corrected chi connectivity index (χ2v) is 5.37. The van der Waals surface area contributed by atoms with Gasteiger partial charge in [-0.15, -0.1) is 0 Å². The van der Waals surface area contributed by atoms with Gasteiger partial charge in [0.1, 0.15) is 17.6 Å². The van der Waals surface area contributed by atoms with Gasteiger partial charge in [-0.1, -0.05) is 27.5 Å². The summed E-state index contributed by atoms with van der Waals surface area (Å²) in [4.78, 5) is 8.41. The molecule has 0 fully saturated rings. The first-order valence-corrected chi connectivity index (χ1v) is 6.80. The van der Waals surface area contributed by atoms with Crippen molar-refractivity contribution in [2.75, 3.05) is 12.4 Å². The zero-order valence-corrected chi connectivity index (χ0v) is 12.9. The lowest BCUT2D eigenvalue weighted by Gasteiger charge is -2.09. The summed E-state index contributed by atoms with van der Waals surface area (Å²) in [6.07, 6.45) is 0. The first-order chi connectivity index (χ1) is 9.06. The maximum absolute atomic E-state index is 5.96. The summed E-state index contributed by atoms with van der Waals surface area (Å²) < 4.78 is 6.01. The van der Waals surface area contributed by atoms with Crippen molar-refractivity contribution in [3.63, 3.8) is 0 Å². The third kappa shape index (κ3) is 4.16. The van der Waals surface area contributed by atoms with Crippen LogP contribution in [0.4, 0.5) is 11.5 Å². The van der Waals surface area contributed by atoms with E-state index in [0.29, 0.717) is 23.4 Å². The number of benzene rings is 1. The number of aryl methyl sites for hydroxylation is 1. The molecule has 0 spiro atoms. The molecule has 6 heteroatoms. The fourth-order valence-electron chi connectivity index (χ4n) is 1.68. The molecule has 0 radical (unpaired) electrons. The van der Waals surface area contributed by atoms with E-state index in [2.05, 4.69) is 31.2 Å². The molecule has 0 bridgehead atoms. The Morgan fingerprint density at radius 3 is 2.74 bits per heavy atom. The molecule has 1 aromatic carbocycles. The van der Waals surface area contributed by atoms with Crippen LogP contribution in [-0.4, -0.2) is 17.1 Å². The van der Waals surface area contributed by atoms with Gasteiger partial charge < -0.3 is 10.1 Å². The van der Waals surface area contributed by atoms with Gasteiger partial charge in [0.25, 0.3) is 0 Å². The fraction of sp³-hybridized carbons (Fsp3) is 0.231. The fourth-order valence-corrected chi connectivity index (χ4v) is 2.49. The Morgan fingerprint density at radius 2 is 2.05 bits per heavy atom. The number of hydrogen-bond acceptors (Lipinski definition) is 4. The highest BCUT2D eigenvalue weighted by atomic mass is 79.9. The van der Waals surface area contributed by atoms with Crippen LogP contribution in [0, 0.1) is 6.92 Å². The number of hydrogen-bond donors (Lipinski definition) is 1. The van der Waals surface area contributed by atoms with E-state index < -0.39 is 0 Å². The number of methoxy groups -OCH3 is 1. The molecule has 0 aliphatic heterocycles. The van der Waals surface area contributed by atoms with E-state index in [4.69, 9.17) is 16.3 Å². The molecular formula is C13H13BrClN3O. The van der Waals surface area contributed by atoms with Crippen LogP contribution in [0.25, 0.3) is 0 Å². The van der Waals surface area contributed by atoms with Crippen LogP contribution in [0.5, 0.6) is 0 Å². The summed E-state index contributed by atoms with van der Waals surface area (Å²) >= 11 is 9.42. The Balaban J connectivity index is 2.27. The minimum atomic E-state index is 0.326. The third-order valence-corrected chi connectivity index (χ3v) is 2.98. The van der Waals surface area contributed by atoms with E-state index in [1.54, 1.807) is 13.2 Å². The van der Waals surface area contributed by atoms with Crippen LogP contribution in [0.2, 0.25) is 5.15 Å². The molecule has 4 nitrogen and oxygen atoms in total. The minimum Gasteiger partial charge on any atom is -0.377 e. The largest absolute Gasteiger partial charge is 0.377 e. The molecule has 100 valence electrons. The van der Waals surface area contributed by atoms with Crippen LogP contribution in [0.1, 0.15) is 11.4 Å². The van der Waals surface area contributed by atoms with E-state index >= 15 is 0 Å². The lowest BCUT2D eigenvalue weighted by Crippen LogP contribution is -2.01. The molecule has 19 heavy (non-hydrogen) atoms. The Labute approximate surface area is 125 Å². The summed E-state index contributed by atoms with van der Waals surface area (Å²) in [5.41, 5.74) is 2.08. The third-order valence-electron chi connectivity index (χ3n) is 2.33. The highest BCUT2D eigenvalue weighted by Crippen LogP contribution is 2.23. The van der Waals surface area contributed by atoms with Gasteiger partial charge in [0.15, 0.2) is 5.82 Å². The quantitative estimate of drug-likeness (QED) is 0.850. The van der Waals surface area contributed by atoms with Gasteiger partial charge in [-0.3, -0.25) is 0 Å². The van der Waals surface area contributed by atoms with Gasteiger partial charge in [0.05, 0.1) is 0 Å². The topological polar surface area (TPSA) is 47.0 Å². The van der Waals surface area contributed by atoms with Crippen molar-refractivity contribution in [1.82, 2.24) is 9.97 Å². The predicted octanol–water partition coefficient (Wildman–Crippen LogP) is 4.09. The smallest absolute Gasteiger partial charge is 0.158 e. The molecule has 0 atom stereocenters. The first kappa shape index (κ1) is 14.2. The van der Waals surface area contributed by atoms with Gasteiger partial charge in [-0.2, -0.15) is 0 Å². The molecule has 0 unspecified atom stereocenters. The SMILES string of the molecule is COCc1nc(Cl)cc(Nc2cc(C)cc(Br)c2)n1. The molecule has 1 heterocycles. The van der Waals surface area contributed by atoms with E-state index in [-0.39, 0.29) is 0 Å². The maximum Gasteiger partial charge on any atom is 0.158 e. The summed E-state index contributed by atoms with van der Waals surface area (Å²) in [6.45, 7) is 2.35. The molecular weight excluding hydrogens is 330 g/mol. The molecule has 0 amide bonds. The number of nitrogens with zero attached hydrogens (tertiary/aromatic N) is 2. The number of anilines is 2. The summed E-state index contributed by atoms with van der Waals surface area (Å²) in [5.74, 6) is 1.19. The zero-order chi connectivity index (χ0) is 13.8. The number of rotatable bonds is 4. The average molecular weight is 343 g/mol. The standard InChI is InChI=1S/C13H13BrClN3O/c1-8-3-9(14)5-10(4-8)16-12-6-11(15)17-13(18-12)7-19-2/h3-6H,7H2,1-2H3,(H,16,17,18). The maximum atomic E-state index is 5.96. The monoisotopic (exact) mass is 341 g/mol. The molecule has 2 rings (SSSR count). The van der Waals surface area contributed by atoms with Crippen LogP contribution in [-0.2, 0) is 11.3 Å². The predicted molar refractivity (Wildman–Crippen MR) is 79.9 cm³/mol. The van der Waals surface area contributed by atoms with Crippen molar-refractivity contribution in [1.29, 1.82) is 0 Å². The van der Waals surface area contributed by atoms with Gasteiger partial charge >= 0.3 is 0 Å².